The van der Waals surface area contributed by atoms with E-state index in [1.165, 1.54) is 25.4 Å². The minimum absolute atomic E-state index is 0.0742. The van der Waals surface area contributed by atoms with Crippen LogP contribution in [0.3, 0.4) is 0 Å². The van der Waals surface area contributed by atoms with Crippen LogP contribution in [0.1, 0.15) is 10.5 Å². The van der Waals surface area contributed by atoms with E-state index >= 15 is 0 Å². The van der Waals surface area contributed by atoms with E-state index in [2.05, 4.69) is 10.5 Å². The predicted octanol–water partition coefficient (Wildman–Crippen LogP) is 0.0950. The third-order valence-electron chi connectivity index (χ3n) is 1.56. The first-order valence-electron chi connectivity index (χ1n) is 4.30. The summed E-state index contributed by atoms with van der Waals surface area (Å²) in [7, 11) is 1.52. The number of aromatic nitrogens is 1. The zero-order chi connectivity index (χ0) is 11.1. The summed E-state index contributed by atoms with van der Waals surface area (Å²) in [6.07, 6.45) is 1.41. The molecule has 0 saturated carbocycles. The van der Waals surface area contributed by atoms with E-state index in [1.807, 2.05) is 0 Å². The molecule has 1 heterocycles. The number of ether oxygens (including phenoxy) is 1. The molecule has 0 radical (unpaired) electrons. The fourth-order valence-electron chi connectivity index (χ4n) is 0.862. The van der Waals surface area contributed by atoms with Gasteiger partial charge in [-0.15, -0.1) is 0 Å². The SMILES string of the molecule is COCCONC(=O)c1ncccc1O. The summed E-state index contributed by atoms with van der Waals surface area (Å²) in [5.74, 6) is -0.783. The minimum atomic E-state index is -0.593. The molecule has 1 aromatic rings. The van der Waals surface area contributed by atoms with Crippen molar-refractivity contribution in [3.05, 3.63) is 24.0 Å². The molecule has 0 spiro atoms. The topological polar surface area (TPSA) is 80.7 Å². The van der Waals surface area contributed by atoms with Gasteiger partial charge in [-0.25, -0.2) is 10.5 Å². The van der Waals surface area contributed by atoms with Crippen molar-refractivity contribution in [3.63, 3.8) is 0 Å². The second kappa shape index (κ2) is 5.94. The van der Waals surface area contributed by atoms with Crippen LogP contribution in [0.4, 0.5) is 0 Å². The molecule has 82 valence electrons. The van der Waals surface area contributed by atoms with Gasteiger partial charge in [-0.3, -0.25) is 9.63 Å². The Bertz CT molecular complexity index is 330. The summed E-state index contributed by atoms with van der Waals surface area (Å²) < 4.78 is 4.71. The van der Waals surface area contributed by atoms with E-state index < -0.39 is 5.91 Å². The number of carbonyl (C=O) groups excluding carboxylic acids is 1. The predicted molar refractivity (Wildman–Crippen MR) is 51.2 cm³/mol. The van der Waals surface area contributed by atoms with Gasteiger partial charge >= 0.3 is 0 Å². The number of rotatable bonds is 5. The second-order valence-electron chi connectivity index (χ2n) is 2.64. The molecule has 1 rings (SSSR count). The highest BCUT2D eigenvalue weighted by Gasteiger charge is 2.11. The van der Waals surface area contributed by atoms with Crippen LogP contribution in [0, 0.1) is 0 Å². The number of pyridine rings is 1. The van der Waals surface area contributed by atoms with Crippen molar-refractivity contribution in [1.82, 2.24) is 10.5 Å². The molecule has 1 aromatic heterocycles. The second-order valence-corrected chi connectivity index (χ2v) is 2.64. The Kier molecular flexibility index (Phi) is 4.52. The molecule has 0 fully saturated rings. The van der Waals surface area contributed by atoms with Gasteiger partial charge in [0, 0.05) is 13.3 Å². The van der Waals surface area contributed by atoms with Gasteiger partial charge < -0.3 is 9.84 Å². The quantitative estimate of drug-likeness (QED) is 0.534. The Morgan fingerprint density at radius 1 is 1.60 bits per heavy atom. The zero-order valence-electron chi connectivity index (χ0n) is 8.27. The average molecular weight is 212 g/mol. The lowest BCUT2D eigenvalue weighted by Crippen LogP contribution is -2.26. The number of hydroxylamine groups is 1. The number of amides is 1. The number of nitrogens with zero attached hydrogens (tertiary/aromatic N) is 1. The molecule has 0 bridgehead atoms. The largest absolute Gasteiger partial charge is 0.505 e. The van der Waals surface area contributed by atoms with Gasteiger partial charge in [-0.1, -0.05) is 0 Å². The summed E-state index contributed by atoms with van der Waals surface area (Å²) in [4.78, 5) is 19.8. The third kappa shape index (κ3) is 3.53. The van der Waals surface area contributed by atoms with Gasteiger partial charge in [0.05, 0.1) is 13.2 Å². The molecule has 15 heavy (non-hydrogen) atoms. The highest BCUT2D eigenvalue weighted by atomic mass is 16.7. The van der Waals surface area contributed by atoms with Crippen molar-refractivity contribution in [3.8, 4) is 5.75 Å². The zero-order valence-corrected chi connectivity index (χ0v) is 8.27. The summed E-state index contributed by atoms with van der Waals surface area (Å²) in [5.41, 5.74) is 2.06. The molecular weight excluding hydrogens is 200 g/mol. The number of hydrogen-bond acceptors (Lipinski definition) is 5. The van der Waals surface area contributed by atoms with Crippen LogP contribution in [0.15, 0.2) is 18.3 Å². The fourth-order valence-corrected chi connectivity index (χ4v) is 0.862. The standard InChI is InChI=1S/C9H12N2O4/c1-14-5-6-15-11-9(13)8-7(12)3-2-4-10-8/h2-4,12H,5-6H2,1H3,(H,11,13). The van der Waals surface area contributed by atoms with E-state index in [1.54, 1.807) is 0 Å². The summed E-state index contributed by atoms with van der Waals surface area (Å²) in [6, 6.07) is 2.90. The Balaban J connectivity index is 2.44. The smallest absolute Gasteiger partial charge is 0.297 e. The maximum Gasteiger partial charge on any atom is 0.297 e. The van der Waals surface area contributed by atoms with Crippen molar-refractivity contribution in [1.29, 1.82) is 0 Å². The molecule has 0 aliphatic heterocycles. The lowest BCUT2D eigenvalue weighted by molar-refractivity contribution is 0.00842. The molecule has 0 saturated heterocycles. The number of nitrogens with one attached hydrogen (secondary N) is 1. The van der Waals surface area contributed by atoms with Crippen LogP contribution < -0.4 is 5.48 Å². The lowest BCUT2D eigenvalue weighted by Gasteiger charge is -2.05. The van der Waals surface area contributed by atoms with Gasteiger partial charge in [0.2, 0.25) is 0 Å². The summed E-state index contributed by atoms with van der Waals surface area (Å²) in [5, 5.41) is 9.28. The molecule has 0 atom stereocenters. The van der Waals surface area contributed by atoms with Crippen LogP contribution in [0.2, 0.25) is 0 Å². The Hall–Kier alpha value is -1.66. The van der Waals surface area contributed by atoms with Crippen molar-refractivity contribution in [2.24, 2.45) is 0 Å². The highest BCUT2D eigenvalue weighted by Crippen LogP contribution is 2.11. The van der Waals surface area contributed by atoms with Gasteiger partial charge in [-0.05, 0) is 12.1 Å². The van der Waals surface area contributed by atoms with E-state index in [0.717, 1.165) is 0 Å². The highest BCUT2D eigenvalue weighted by molar-refractivity contribution is 5.93. The molecule has 0 aromatic carbocycles. The van der Waals surface area contributed by atoms with Crippen LogP contribution in [0.25, 0.3) is 0 Å². The monoisotopic (exact) mass is 212 g/mol. The average Bonchev–Trinajstić information content (AvgIpc) is 2.25. The normalized spacial score (nSPS) is 9.93. The molecule has 0 aliphatic rings. The van der Waals surface area contributed by atoms with Crippen molar-refractivity contribution in [2.75, 3.05) is 20.3 Å². The Morgan fingerprint density at radius 2 is 2.40 bits per heavy atom. The molecule has 1 amide bonds. The molecular formula is C9H12N2O4. The van der Waals surface area contributed by atoms with Crippen molar-refractivity contribution < 1.29 is 19.5 Å². The summed E-state index contributed by atoms with van der Waals surface area (Å²) >= 11 is 0. The Morgan fingerprint density at radius 3 is 3.07 bits per heavy atom. The van der Waals surface area contributed by atoms with Gasteiger partial charge in [0.15, 0.2) is 5.69 Å². The molecule has 6 nitrogen and oxygen atoms in total. The number of hydrogen-bond donors (Lipinski definition) is 2. The number of methoxy groups -OCH3 is 1. The van der Waals surface area contributed by atoms with Crippen LogP contribution >= 0.6 is 0 Å². The molecule has 6 heteroatoms. The molecule has 0 unspecified atom stereocenters. The van der Waals surface area contributed by atoms with E-state index in [9.17, 15) is 9.90 Å². The first-order valence-corrected chi connectivity index (χ1v) is 4.30. The first kappa shape index (κ1) is 11.4. The van der Waals surface area contributed by atoms with Gasteiger partial charge in [0.25, 0.3) is 5.91 Å². The van der Waals surface area contributed by atoms with Gasteiger partial charge in [0.1, 0.15) is 5.75 Å². The lowest BCUT2D eigenvalue weighted by atomic mass is 10.3. The fraction of sp³-hybridized carbons (Fsp3) is 0.333. The molecule has 2 N–H and O–H groups in total. The molecule has 0 aliphatic carbocycles. The summed E-state index contributed by atoms with van der Waals surface area (Å²) in [6.45, 7) is 0.602. The van der Waals surface area contributed by atoms with Crippen molar-refractivity contribution in [2.45, 2.75) is 0 Å². The van der Waals surface area contributed by atoms with E-state index in [4.69, 9.17) is 9.57 Å². The van der Waals surface area contributed by atoms with E-state index in [-0.39, 0.29) is 18.1 Å². The number of aromatic hydroxyl groups is 1. The van der Waals surface area contributed by atoms with Crippen LogP contribution in [-0.4, -0.2) is 36.3 Å². The van der Waals surface area contributed by atoms with Gasteiger partial charge in [-0.2, -0.15) is 0 Å². The van der Waals surface area contributed by atoms with Crippen LogP contribution in [-0.2, 0) is 9.57 Å². The van der Waals surface area contributed by atoms with E-state index in [0.29, 0.717) is 6.61 Å². The maximum atomic E-state index is 11.3. The third-order valence-corrected chi connectivity index (χ3v) is 1.56. The Labute approximate surface area is 86.8 Å². The van der Waals surface area contributed by atoms with Crippen molar-refractivity contribution >= 4 is 5.91 Å². The minimum Gasteiger partial charge on any atom is -0.505 e. The number of carbonyl (C=O) groups is 1. The van der Waals surface area contributed by atoms with Crippen LogP contribution in [0.5, 0.6) is 5.75 Å². The maximum absolute atomic E-state index is 11.3. The first-order chi connectivity index (χ1) is 7.25.